The van der Waals surface area contributed by atoms with Crippen LogP contribution in [0.3, 0.4) is 0 Å². The van der Waals surface area contributed by atoms with Crippen LogP contribution in [-0.4, -0.2) is 43.6 Å². The van der Waals surface area contributed by atoms with E-state index in [0.29, 0.717) is 17.8 Å². The highest BCUT2D eigenvalue weighted by Gasteiger charge is 2.46. The van der Waals surface area contributed by atoms with Crippen LogP contribution in [-0.2, 0) is 0 Å². The maximum atomic E-state index is 6.19. The quantitative estimate of drug-likeness (QED) is 0.776. The summed E-state index contributed by atoms with van der Waals surface area (Å²) >= 11 is 0. The Balaban J connectivity index is 1.65. The molecule has 6 heteroatoms. The Kier molecular flexibility index (Phi) is 2.35. The molecule has 6 nitrogen and oxygen atoms in total. The lowest BCUT2D eigenvalue weighted by Crippen LogP contribution is -2.63. The predicted octanol–water partition coefficient (Wildman–Crippen LogP) is 1.54. The van der Waals surface area contributed by atoms with Crippen LogP contribution in [0, 0.1) is 0 Å². The zero-order valence-corrected chi connectivity index (χ0v) is 12.1. The summed E-state index contributed by atoms with van der Waals surface area (Å²) in [4.78, 5) is 11.6. The van der Waals surface area contributed by atoms with Gasteiger partial charge in [0.15, 0.2) is 5.65 Å². The standard InChI is InChI=1S/C16H16N6/c17-15-6-13(12-9-21-5-3-14(12)21)20-16-11(8-19-22(15)16)10-2-1-4-18-7-10/h1-2,4,6-8,12,14H,3,5,9,17H2. The number of pyridine rings is 1. The highest BCUT2D eigenvalue weighted by Crippen LogP contribution is 2.42. The van der Waals surface area contributed by atoms with Gasteiger partial charge in [0.25, 0.3) is 0 Å². The molecule has 2 saturated heterocycles. The van der Waals surface area contributed by atoms with E-state index in [1.54, 1.807) is 10.7 Å². The molecule has 0 aliphatic carbocycles. The molecule has 110 valence electrons. The summed E-state index contributed by atoms with van der Waals surface area (Å²) in [6.45, 7) is 2.33. The highest BCUT2D eigenvalue weighted by molar-refractivity contribution is 5.77. The number of aromatic nitrogens is 4. The fraction of sp³-hybridized carbons (Fsp3) is 0.312. The van der Waals surface area contributed by atoms with Gasteiger partial charge in [-0.15, -0.1) is 0 Å². The fourth-order valence-corrected chi connectivity index (χ4v) is 3.59. The molecule has 0 spiro atoms. The zero-order chi connectivity index (χ0) is 14.7. The summed E-state index contributed by atoms with van der Waals surface area (Å²) in [5.74, 6) is 1.16. The summed E-state index contributed by atoms with van der Waals surface area (Å²) in [5.41, 5.74) is 10.1. The van der Waals surface area contributed by atoms with E-state index in [4.69, 9.17) is 10.7 Å². The maximum Gasteiger partial charge on any atom is 0.165 e. The van der Waals surface area contributed by atoms with Crippen LogP contribution in [0.1, 0.15) is 18.0 Å². The number of hydrogen-bond donors (Lipinski definition) is 1. The molecule has 2 atom stereocenters. The third kappa shape index (κ3) is 1.55. The second-order valence-electron chi connectivity index (χ2n) is 6.10. The van der Waals surface area contributed by atoms with Gasteiger partial charge in [0.05, 0.1) is 11.9 Å². The molecule has 5 rings (SSSR count). The number of hydrogen-bond acceptors (Lipinski definition) is 5. The molecule has 5 heterocycles. The number of nitrogens with zero attached hydrogens (tertiary/aromatic N) is 5. The molecule has 22 heavy (non-hydrogen) atoms. The van der Waals surface area contributed by atoms with Crippen LogP contribution >= 0.6 is 0 Å². The van der Waals surface area contributed by atoms with E-state index in [1.807, 2.05) is 30.6 Å². The van der Waals surface area contributed by atoms with Gasteiger partial charge in [-0.25, -0.2) is 4.98 Å². The van der Waals surface area contributed by atoms with Gasteiger partial charge in [0.2, 0.25) is 0 Å². The molecule has 2 aliphatic rings. The molecule has 0 radical (unpaired) electrons. The van der Waals surface area contributed by atoms with E-state index in [1.165, 1.54) is 13.0 Å². The Morgan fingerprint density at radius 1 is 1.27 bits per heavy atom. The summed E-state index contributed by atoms with van der Waals surface area (Å²) in [7, 11) is 0. The van der Waals surface area contributed by atoms with Crippen LogP contribution in [0.15, 0.2) is 36.8 Å². The van der Waals surface area contributed by atoms with Crippen molar-refractivity contribution in [3.05, 3.63) is 42.5 Å². The number of nitrogen functional groups attached to an aromatic ring is 1. The van der Waals surface area contributed by atoms with Crippen LogP contribution in [0.25, 0.3) is 16.8 Å². The largest absolute Gasteiger partial charge is 0.384 e. The lowest BCUT2D eigenvalue weighted by molar-refractivity contribution is -0.0300. The van der Waals surface area contributed by atoms with Crippen molar-refractivity contribution in [1.82, 2.24) is 24.5 Å². The number of piperidine rings is 1. The topological polar surface area (TPSA) is 72.3 Å². The van der Waals surface area contributed by atoms with Crippen molar-refractivity contribution in [2.45, 2.75) is 18.4 Å². The number of fused-ring (bicyclic) bond motifs is 2. The first kappa shape index (κ1) is 12.1. The number of rotatable bonds is 2. The second-order valence-corrected chi connectivity index (χ2v) is 6.10. The molecule has 3 aromatic heterocycles. The lowest BCUT2D eigenvalue weighted by atomic mass is 9.77. The van der Waals surface area contributed by atoms with E-state index in [-0.39, 0.29) is 0 Å². The average molecular weight is 292 g/mol. The minimum absolute atomic E-state index is 0.512. The van der Waals surface area contributed by atoms with Gasteiger partial charge in [-0.05, 0) is 19.0 Å². The van der Waals surface area contributed by atoms with Crippen molar-refractivity contribution in [1.29, 1.82) is 0 Å². The molecule has 0 saturated carbocycles. The normalized spacial score (nSPS) is 23.8. The third-order valence-corrected chi connectivity index (χ3v) is 4.95. The lowest BCUT2D eigenvalue weighted by Gasteiger charge is -2.56. The third-order valence-electron chi connectivity index (χ3n) is 4.95. The Labute approximate surface area is 127 Å². The smallest absolute Gasteiger partial charge is 0.165 e. The monoisotopic (exact) mass is 292 g/mol. The van der Waals surface area contributed by atoms with E-state index < -0.39 is 0 Å². The molecular weight excluding hydrogens is 276 g/mol. The first-order chi connectivity index (χ1) is 10.8. The van der Waals surface area contributed by atoms with Crippen LogP contribution < -0.4 is 5.73 Å². The first-order valence-electron chi connectivity index (χ1n) is 7.60. The Bertz CT molecular complexity index is 856. The minimum atomic E-state index is 0.512. The second kappa shape index (κ2) is 4.27. The van der Waals surface area contributed by atoms with Gasteiger partial charge in [-0.2, -0.15) is 9.61 Å². The molecule has 2 unspecified atom stereocenters. The molecule has 0 aromatic carbocycles. The molecule has 2 fully saturated rings. The van der Waals surface area contributed by atoms with Crippen molar-refractivity contribution >= 4 is 11.5 Å². The Morgan fingerprint density at radius 3 is 2.91 bits per heavy atom. The molecule has 3 aromatic rings. The molecule has 2 aliphatic heterocycles. The van der Waals surface area contributed by atoms with Crippen LogP contribution in [0.5, 0.6) is 0 Å². The van der Waals surface area contributed by atoms with Gasteiger partial charge in [-0.1, -0.05) is 6.07 Å². The van der Waals surface area contributed by atoms with Crippen molar-refractivity contribution in [2.75, 3.05) is 18.8 Å². The summed E-state index contributed by atoms with van der Waals surface area (Å²) < 4.78 is 1.71. The highest BCUT2D eigenvalue weighted by atomic mass is 15.3. The first-order valence-corrected chi connectivity index (χ1v) is 7.60. The van der Waals surface area contributed by atoms with Gasteiger partial charge in [0.1, 0.15) is 5.82 Å². The van der Waals surface area contributed by atoms with Crippen LogP contribution in [0.2, 0.25) is 0 Å². The summed E-state index contributed by atoms with van der Waals surface area (Å²) in [6, 6.07) is 6.59. The minimum Gasteiger partial charge on any atom is -0.384 e. The van der Waals surface area contributed by atoms with E-state index >= 15 is 0 Å². The zero-order valence-electron chi connectivity index (χ0n) is 12.1. The molecule has 0 bridgehead atoms. The molecule has 2 N–H and O–H groups in total. The average Bonchev–Trinajstić information content (AvgIpc) is 2.95. The number of nitrogens with two attached hydrogens (primary N) is 1. The van der Waals surface area contributed by atoms with Crippen molar-refractivity contribution in [2.24, 2.45) is 0 Å². The van der Waals surface area contributed by atoms with Gasteiger partial charge in [0, 0.05) is 48.1 Å². The summed E-state index contributed by atoms with van der Waals surface area (Å²) in [6.07, 6.45) is 6.68. The van der Waals surface area contributed by atoms with Gasteiger partial charge in [-0.3, -0.25) is 9.88 Å². The van der Waals surface area contributed by atoms with E-state index in [2.05, 4.69) is 15.0 Å². The number of anilines is 1. The van der Waals surface area contributed by atoms with Crippen LogP contribution in [0.4, 0.5) is 5.82 Å². The van der Waals surface area contributed by atoms with E-state index in [0.717, 1.165) is 29.0 Å². The Hall–Kier alpha value is -2.47. The Morgan fingerprint density at radius 2 is 2.23 bits per heavy atom. The van der Waals surface area contributed by atoms with Crippen molar-refractivity contribution in [3.63, 3.8) is 0 Å². The summed E-state index contributed by atoms with van der Waals surface area (Å²) in [5, 5.41) is 4.38. The van der Waals surface area contributed by atoms with Crippen molar-refractivity contribution in [3.8, 4) is 11.1 Å². The maximum absolute atomic E-state index is 6.19. The molecular formula is C16H16N6. The van der Waals surface area contributed by atoms with Gasteiger partial charge >= 0.3 is 0 Å². The van der Waals surface area contributed by atoms with E-state index in [9.17, 15) is 0 Å². The SMILES string of the molecule is Nc1cc(C2CN3CCC23)nc2c(-c3cccnc3)cnn12. The fourth-order valence-electron chi connectivity index (χ4n) is 3.59. The van der Waals surface area contributed by atoms with Gasteiger partial charge < -0.3 is 5.73 Å². The molecule has 0 amide bonds. The predicted molar refractivity (Wildman–Crippen MR) is 83.3 cm³/mol. The van der Waals surface area contributed by atoms with Crippen molar-refractivity contribution < 1.29 is 0 Å².